The molecule has 1 heterocycles. The second-order valence-electron chi connectivity index (χ2n) is 6.28. The first-order valence-corrected chi connectivity index (χ1v) is 10.7. The molecule has 0 saturated carbocycles. The predicted molar refractivity (Wildman–Crippen MR) is 116 cm³/mol. The van der Waals surface area contributed by atoms with Gasteiger partial charge in [-0.15, -0.1) is 11.8 Å². The molecule has 0 fully saturated rings. The van der Waals surface area contributed by atoms with Crippen molar-refractivity contribution in [1.29, 1.82) is 0 Å². The molecular formula is C21H21BrN2O3S. The van der Waals surface area contributed by atoms with E-state index < -0.39 is 0 Å². The lowest BCUT2D eigenvalue weighted by Gasteiger charge is -2.17. The minimum atomic E-state index is -0.166. The van der Waals surface area contributed by atoms with Crippen LogP contribution in [0.1, 0.15) is 18.1 Å². The van der Waals surface area contributed by atoms with Crippen molar-refractivity contribution in [3.63, 3.8) is 0 Å². The number of carbonyl (C=O) groups is 2. The fraction of sp³-hybridized carbons (Fsp3) is 0.238. The van der Waals surface area contributed by atoms with E-state index in [1.165, 1.54) is 11.8 Å². The Labute approximate surface area is 177 Å². The topological polar surface area (TPSA) is 67.4 Å². The number of rotatable bonds is 6. The molecule has 146 valence electrons. The Bertz CT molecular complexity index is 897. The van der Waals surface area contributed by atoms with Crippen LogP contribution < -0.4 is 10.6 Å². The summed E-state index contributed by atoms with van der Waals surface area (Å²) in [6.07, 6.45) is 0.284. The third-order valence-electron chi connectivity index (χ3n) is 4.18. The van der Waals surface area contributed by atoms with Crippen LogP contribution in [-0.2, 0) is 27.3 Å². The Morgan fingerprint density at radius 2 is 1.89 bits per heavy atom. The van der Waals surface area contributed by atoms with Gasteiger partial charge in [-0.2, -0.15) is 0 Å². The van der Waals surface area contributed by atoms with Crippen molar-refractivity contribution in [2.75, 3.05) is 17.7 Å². The van der Waals surface area contributed by atoms with Crippen LogP contribution in [0.2, 0.25) is 0 Å². The number of anilines is 1. The zero-order valence-electron chi connectivity index (χ0n) is 15.5. The molecule has 0 aromatic heterocycles. The highest BCUT2D eigenvalue weighted by molar-refractivity contribution is 9.10. The Morgan fingerprint density at radius 3 is 2.61 bits per heavy atom. The maximum Gasteiger partial charge on any atom is 0.265 e. The van der Waals surface area contributed by atoms with Crippen LogP contribution in [0.5, 0.6) is 0 Å². The largest absolute Gasteiger partial charge is 0.496 e. The third kappa shape index (κ3) is 5.62. The predicted octanol–water partition coefficient (Wildman–Crippen LogP) is 4.24. The van der Waals surface area contributed by atoms with Gasteiger partial charge < -0.3 is 15.4 Å². The Hall–Kier alpha value is -2.25. The molecule has 5 nitrogen and oxygen atoms in total. The summed E-state index contributed by atoms with van der Waals surface area (Å²) in [5.41, 5.74) is 2.60. The second-order valence-corrected chi connectivity index (χ2v) is 8.24. The fourth-order valence-electron chi connectivity index (χ4n) is 2.71. The van der Waals surface area contributed by atoms with E-state index in [9.17, 15) is 9.59 Å². The van der Waals surface area contributed by atoms with Gasteiger partial charge in [-0.05, 0) is 36.2 Å². The average molecular weight is 461 g/mol. The number of benzene rings is 2. The van der Waals surface area contributed by atoms with E-state index >= 15 is 0 Å². The summed E-state index contributed by atoms with van der Waals surface area (Å²) in [7, 11) is 0. The molecule has 0 bridgehead atoms. The molecule has 28 heavy (non-hydrogen) atoms. The van der Waals surface area contributed by atoms with Crippen LogP contribution in [0.3, 0.4) is 0 Å². The normalized spacial score (nSPS) is 13.6. The summed E-state index contributed by atoms with van der Waals surface area (Å²) in [4.78, 5) is 25.1. The molecule has 0 atom stereocenters. The maximum absolute atomic E-state index is 12.4. The highest BCUT2D eigenvalue weighted by Crippen LogP contribution is 2.26. The van der Waals surface area contributed by atoms with E-state index in [1.54, 1.807) is 19.1 Å². The number of hydrogen-bond acceptors (Lipinski definition) is 4. The van der Waals surface area contributed by atoms with Crippen LogP contribution in [0, 0.1) is 0 Å². The van der Waals surface area contributed by atoms with Gasteiger partial charge in [0.05, 0.1) is 13.0 Å². The van der Waals surface area contributed by atoms with Crippen molar-refractivity contribution in [3.8, 4) is 0 Å². The van der Waals surface area contributed by atoms with Crippen LogP contribution in [-0.4, -0.2) is 24.2 Å². The van der Waals surface area contributed by atoms with Crippen molar-refractivity contribution in [2.24, 2.45) is 0 Å². The van der Waals surface area contributed by atoms with Gasteiger partial charge >= 0.3 is 0 Å². The SMILES string of the molecule is CC1=C(C(=O)Nc2ccc(CC(=O)NCc3ccccc3Br)cc2)SCCO1. The molecule has 2 N–H and O–H groups in total. The Balaban J connectivity index is 1.52. The average Bonchev–Trinajstić information content (AvgIpc) is 2.69. The lowest BCUT2D eigenvalue weighted by molar-refractivity contribution is -0.120. The van der Waals surface area contributed by atoms with Crippen molar-refractivity contribution >= 4 is 45.2 Å². The molecule has 2 aromatic rings. The van der Waals surface area contributed by atoms with E-state index in [0.717, 1.165) is 21.4 Å². The van der Waals surface area contributed by atoms with Gasteiger partial charge in [-0.3, -0.25) is 9.59 Å². The summed E-state index contributed by atoms with van der Waals surface area (Å²) in [6.45, 7) is 2.91. The number of halogens is 1. The van der Waals surface area contributed by atoms with Crippen LogP contribution in [0.4, 0.5) is 5.69 Å². The van der Waals surface area contributed by atoms with Gasteiger partial charge in [0.2, 0.25) is 5.91 Å². The van der Waals surface area contributed by atoms with Crippen molar-refractivity contribution in [3.05, 3.63) is 74.8 Å². The van der Waals surface area contributed by atoms with Gasteiger partial charge in [0.1, 0.15) is 10.7 Å². The summed E-state index contributed by atoms with van der Waals surface area (Å²) in [5.74, 6) is 1.21. The van der Waals surface area contributed by atoms with Gasteiger partial charge in [0, 0.05) is 22.5 Å². The molecule has 1 aliphatic heterocycles. The number of hydrogen-bond donors (Lipinski definition) is 2. The standard InChI is InChI=1S/C21H21BrN2O3S/c1-14-20(28-11-10-27-14)21(26)24-17-8-6-15(7-9-17)12-19(25)23-13-16-4-2-3-5-18(16)22/h2-9H,10-13H2,1H3,(H,23,25)(H,24,26). The summed E-state index contributed by atoms with van der Waals surface area (Å²) >= 11 is 4.98. The summed E-state index contributed by atoms with van der Waals surface area (Å²) < 4.78 is 6.40. The summed E-state index contributed by atoms with van der Waals surface area (Å²) in [5, 5.41) is 5.79. The van der Waals surface area contributed by atoms with Crippen molar-refractivity contribution in [2.45, 2.75) is 19.9 Å². The zero-order chi connectivity index (χ0) is 19.9. The minimum Gasteiger partial charge on any atom is -0.496 e. The monoisotopic (exact) mass is 460 g/mol. The Kier molecular flexibility index (Phi) is 7.17. The van der Waals surface area contributed by atoms with Gasteiger partial charge in [-0.1, -0.05) is 46.3 Å². The molecule has 7 heteroatoms. The molecule has 2 aromatic carbocycles. The minimum absolute atomic E-state index is 0.0518. The highest BCUT2D eigenvalue weighted by atomic mass is 79.9. The smallest absolute Gasteiger partial charge is 0.265 e. The molecule has 0 radical (unpaired) electrons. The van der Waals surface area contributed by atoms with E-state index in [2.05, 4.69) is 26.6 Å². The van der Waals surface area contributed by atoms with Crippen LogP contribution in [0.15, 0.2) is 63.7 Å². The Morgan fingerprint density at radius 1 is 1.14 bits per heavy atom. The van der Waals surface area contributed by atoms with E-state index in [-0.39, 0.29) is 18.2 Å². The van der Waals surface area contributed by atoms with Crippen molar-refractivity contribution < 1.29 is 14.3 Å². The fourth-order valence-corrected chi connectivity index (χ4v) is 3.95. The molecule has 0 saturated heterocycles. The number of allylic oxidation sites excluding steroid dienone is 1. The summed E-state index contributed by atoms with van der Waals surface area (Å²) in [6, 6.07) is 15.1. The first kappa shape index (κ1) is 20.5. The third-order valence-corrected chi connectivity index (χ3v) is 6.09. The maximum atomic E-state index is 12.4. The molecule has 0 unspecified atom stereocenters. The molecular weight excluding hydrogens is 440 g/mol. The van der Waals surface area contributed by atoms with Gasteiger partial charge in [-0.25, -0.2) is 0 Å². The lowest BCUT2D eigenvalue weighted by Crippen LogP contribution is -2.24. The first-order valence-electron chi connectivity index (χ1n) is 8.90. The second kappa shape index (κ2) is 9.80. The first-order chi connectivity index (χ1) is 13.5. The molecule has 1 aliphatic rings. The number of nitrogens with one attached hydrogen (secondary N) is 2. The molecule has 0 aliphatic carbocycles. The number of ether oxygens (including phenoxy) is 1. The van der Waals surface area contributed by atoms with E-state index in [4.69, 9.17) is 4.74 Å². The van der Waals surface area contributed by atoms with Crippen LogP contribution >= 0.6 is 27.7 Å². The van der Waals surface area contributed by atoms with E-state index in [1.807, 2.05) is 36.4 Å². The quantitative estimate of drug-likeness (QED) is 0.676. The van der Waals surface area contributed by atoms with Gasteiger partial charge in [0.15, 0.2) is 0 Å². The molecule has 2 amide bonds. The molecule has 3 rings (SSSR count). The lowest BCUT2D eigenvalue weighted by atomic mass is 10.1. The number of carbonyl (C=O) groups excluding carboxylic acids is 2. The zero-order valence-corrected chi connectivity index (χ0v) is 17.9. The molecule has 0 spiro atoms. The van der Waals surface area contributed by atoms with E-state index in [0.29, 0.717) is 29.5 Å². The van der Waals surface area contributed by atoms with Crippen molar-refractivity contribution in [1.82, 2.24) is 5.32 Å². The van der Waals surface area contributed by atoms with Gasteiger partial charge in [0.25, 0.3) is 5.91 Å². The number of thioether (sulfide) groups is 1. The number of amides is 2. The van der Waals surface area contributed by atoms with Crippen LogP contribution in [0.25, 0.3) is 0 Å². The highest BCUT2D eigenvalue weighted by Gasteiger charge is 2.18.